The second-order valence-corrected chi connectivity index (χ2v) is 9.76. The first kappa shape index (κ1) is 20.2. The molecule has 8 heteroatoms. The molecule has 162 valence electrons. The van der Waals surface area contributed by atoms with Crippen LogP contribution in [0.15, 0.2) is 18.2 Å². The highest BCUT2D eigenvalue weighted by atomic mass is 32.1. The van der Waals surface area contributed by atoms with Gasteiger partial charge in [0.05, 0.1) is 10.4 Å². The second-order valence-electron chi connectivity index (χ2n) is 8.47. The van der Waals surface area contributed by atoms with Crippen molar-refractivity contribution < 1.29 is 9.59 Å². The second kappa shape index (κ2) is 8.07. The Kier molecular flexibility index (Phi) is 5.25. The lowest BCUT2D eigenvalue weighted by Gasteiger charge is -2.34. The van der Waals surface area contributed by atoms with E-state index in [9.17, 15) is 9.59 Å². The number of rotatable bonds is 2. The minimum Gasteiger partial charge on any atom is -0.335 e. The van der Waals surface area contributed by atoms with E-state index in [1.54, 1.807) is 0 Å². The summed E-state index contributed by atoms with van der Waals surface area (Å²) in [6.07, 6.45) is 4.39. The fraction of sp³-hybridized carbons (Fsp3) is 0.478. The Balaban J connectivity index is 1.37. The number of hydrogen-bond acceptors (Lipinski definition) is 5. The number of amides is 2. The van der Waals surface area contributed by atoms with Crippen LogP contribution in [0.25, 0.3) is 11.2 Å². The molecule has 5 heterocycles. The van der Waals surface area contributed by atoms with E-state index in [4.69, 9.17) is 9.97 Å². The predicted octanol–water partition coefficient (Wildman–Crippen LogP) is 3.43. The van der Waals surface area contributed by atoms with E-state index in [1.807, 2.05) is 41.8 Å². The Labute approximate surface area is 185 Å². The fourth-order valence-corrected chi connectivity index (χ4v) is 5.40. The molecule has 2 aliphatic rings. The summed E-state index contributed by atoms with van der Waals surface area (Å²) < 4.78 is 2.20. The molecule has 0 aromatic carbocycles. The van der Waals surface area contributed by atoms with Gasteiger partial charge in [-0.1, -0.05) is 6.42 Å². The zero-order valence-electron chi connectivity index (χ0n) is 18.1. The summed E-state index contributed by atoms with van der Waals surface area (Å²) >= 11 is 1.52. The summed E-state index contributed by atoms with van der Waals surface area (Å²) in [6.45, 7) is 7.02. The van der Waals surface area contributed by atoms with Crippen molar-refractivity contribution in [3.8, 4) is 0 Å². The highest BCUT2D eigenvalue weighted by Gasteiger charge is 2.28. The van der Waals surface area contributed by atoms with Crippen molar-refractivity contribution in [2.75, 3.05) is 26.2 Å². The minimum atomic E-state index is -0.0113. The summed E-state index contributed by atoms with van der Waals surface area (Å²) in [5.41, 5.74) is 3.03. The van der Waals surface area contributed by atoms with Gasteiger partial charge in [-0.2, -0.15) is 0 Å². The smallest absolute Gasteiger partial charge is 0.264 e. The van der Waals surface area contributed by atoms with Crippen LogP contribution in [0.3, 0.4) is 0 Å². The zero-order chi connectivity index (χ0) is 21.5. The number of imidazole rings is 1. The normalized spacial score (nSPS) is 17.0. The summed E-state index contributed by atoms with van der Waals surface area (Å²) in [6, 6.07) is 5.73. The Morgan fingerprint density at radius 1 is 0.903 bits per heavy atom. The van der Waals surface area contributed by atoms with E-state index in [0.717, 1.165) is 58.2 Å². The Hall–Kier alpha value is -2.74. The van der Waals surface area contributed by atoms with Crippen LogP contribution in [-0.2, 0) is 13.0 Å². The highest BCUT2D eigenvalue weighted by molar-refractivity contribution is 7.13. The number of fused-ring (bicyclic) bond motifs is 3. The maximum absolute atomic E-state index is 13.4. The van der Waals surface area contributed by atoms with Crippen molar-refractivity contribution in [2.45, 2.75) is 46.1 Å². The van der Waals surface area contributed by atoms with Crippen LogP contribution in [0.4, 0.5) is 0 Å². The van der Waals surface area contributed by atoms with Gasteiger partial charge < -0.3 is 14.4 Å². The minimum absolute atomic E-state index is 0.0113. The van der Waals surface area contributed by atoms with Crippen LogP contribution in [0.2, 0.25) is 0 Å². The van der Waals surface area contributed by atoms with E-state index in [-0.39, 0.29) is 11.8 Å². The van der Waals surface area contributed by atoms with E-state index < -0.39 is 0 Å². The first-order valence-electron chi connectivity index (χ1n) is 11.0. The van der Waals surface area contributed by atoms with Gasteiger partial charge in [-0.05, 0) is 44.9 Å². The molecule has 3 aromatic rings. The van der Waals surface area contributed by atoms with Crippen LogP contribution < -0.4 is 0 Å². The number of nitrogens with zero attached hydrogens (tertiary/aromatic N) is 5. The molecule has 0 aliphatic carbocycles. The first-order valence-corrected chi connectivity index (χ1v) is 11.8. The molecule has 0 N–H and O–H groups in total. The third kappa shape index (κ3) is 3.73. The van der Waals surface area contributed by atoms with Gasteiger partial charge in [0.2, 0.25) is 0 Å². The van der Waals surface area contributed by atoms with E-state index >= 15 is 0 Å². The Morgan fingerprint density at radius 3 is 2.35 bits per heavy atom. The highest BCUT2D eigenvalue weighted by Crippen LogP contribution is 2.25. The van der Waals surface area contributed by atoms with Crippen LogP contribution in [-0.4, -0.2) is 62.3 Å². The summed E-state index contributed by atoms with van der Waals surface area (Å²) in [4.78, 5) is 41.3. The van der Waals surface area contributed by atoms with Crippen molar-refractivity contribution in [1.82, 2.24) is 24.3 Å². The Morgan fingerprint density at radius 2 is 1.65 bits per heavy atom. The average molecular weight is 438 g/mol. The maximum atomic E-state index is 13.4. The number of thiophene rings is 1. The largest absolute Gasteiger partial charge is 0.335 e. The van der Waals surface area contributed by atoms with Gasteiger partial charge in [0.1, 0.15) is 11.3 Å². The number of pyridine rings is 1. The van der Waals surface area contributed by atoms with Gasteiger partial charge in [-0.15, -0.1) is 11.3 Å². The number of aromatic nitrogens is 3. The van der Waals surface area contributed by atoms with E-state index in [2.05, 4.69) is 4.57 Å². The maximum Gasteiger partial charge on any atom is 0.264 e. The number of aryl methyl sites for hydroxylation is 4. The van der Waals surface area contributed by atoms with Crippen molar-refractivity contribution in [3.05, 3.63) is 45.0 Å². The standard InChI is InChI=1S/C23H27N5O2S/c1-15-14-17(20-21(24-15)28-9-5-3-4-6-19(28)25-20)22(29)26-10-12-27(13-11-26)23(30)18-8-7-16(2)31-18/h7-8,14H,3-6,9-13H2,1-2H3. The molecule has 31 heavy (non-hydrogen) atoms. The van der Waals surface area contributed by atoms with Gasteiger partial charge >= 0.3 is 0 Å². The van der Waals surface area contributed by atoms with Crippen LogP contribution in [0.1, 0.15) is 55.7 Å². The van der Waals surface area contributed by atoms with Crippen LogP contribution in [0.5, 0.6) is 0 Å². The quantitative estimate of drug-likeness (QED) is 0.616. The third-order valence-electron chi connectivity index (χ3n) is 6.23. The van der Waals surface area contributed by atoms with Crippen molar-refractivity contribution >= 4 is 34.3 Å². The molecule has 0 radical (unpaired) electrons. The van der Waals surface area contributed by atoms with Crippen molar-refractivity contribution in [3.63, 3.8) is 0 Å². The lowest BCUT2D eigenvalue weighted by Crippen LogP contribution is -2.50. The number of carbonyl (C=O) groups is 2. The molecule has 0 saturated carbocycles. The summed E-state index contributed by atoms with van der Waals surface area (Å²) in [5, 5.41) is 0. The zero-order valence-corrected chi connectivity index (χ0v) is 18.9. The molecule has 1 fully saturated rings. The molecule has 5 rings (SSSR count). The predicted molar refractivity (Wildman–Crippen MR) is 121 cm³/mol. The van der Waals surface area contributed by atoms with Crippen LogP contribution in [0, 0.1) is 13.8 Å². The third-order valence-corrected chi connectivity index (χ3v) is 7.22. The SMILES string of the molecule is Cc1cc(C(=O)N2CCN(C(=O)c3ccc(C)s3)CC2)c2nc3n(c2n1)CCCCC3. The first-order chi connectivity index (χ1) is 15.0. The monoisotopic (exact) mass is 437 g/mol. The van der Waals surface area contributed by atoms with Gasteiger partial charge in [0, 0.05) is 49.7 Å². The molecule has 7 nitrogen and oxygen atoms in total. The van der Waals surface area contributed by atoms with Gasteiger partial charge in [-0.3, -0.25) is 9.59 Å². The lowest BCUT2D eigenvalue weighted by atomic mass is 10.1. The topological polar surface area (TPSA) is 71.3 Å². The van der Waals surface area contributed by atoms with Gasteiger partial charge in [0.15, 0.2) is 5.65 Å². The molecule has 0 atom stereocenters. The number of hydrogen-bond donors (Lipinski definition) is 0. The van der Waals surface area contributed by atoms with Crippen LogP contribution >= 0.6 is 11.3 Å². The Bertz CT molecular complexity index is 1160. The fourth-order valence-electron chi connectivity index (χ4n) is 4.57. The summed E-state index contributed by atoms with van der Waals surface area (Å²) in [7, 11) is 0. The molecule has 0 unspecified atom stereocenters. The average Bonchev–Trinajstić information content (AvgIpc) is 3.27. The molecular formula is C23H27N5O2S. The molecule has 0 bridgehead atoms. The lowest BCUT2D eigenvalue weighted by molar-refractivity contribution is 0.0539. The van der Waals surface area contributed by atoms with Crippen molar-refractivity contribution in [2.24, 2.45) is 0 Å². The molecule has 1 saturated heterocycles. The van der Waals surface area contributed by atoms with Gasteiger partial charge in [-0.25, -0.2) is 9.97 Å². The molecule has 3 aromatic heterocycles. The molecule has 2 aliphatic heterocycles. The molecular weight excluding hydrogens is 410 g/mol. The van der Waals surface area contributed by atoms with Gasteiger partial charge in [0.25, 0.3) is 11.8 Å². The molecule has 0 spiro atoms. The van der Waals surface area contributed by atoms with E-state index in [0.29, 0.717) is 31.7 Å². The molecule has 2 amide bonds. The van der Waals surface area contributed by atoms with E-state index in [1.165, 1.54) is 17.8 Å². The summed E-state index contributed by atoms with van der Waals surface area (Å²) in [5.74, 6) is 1.09. The van der Waals surface area contributed by atoms with Crippen molar-refractivity contribution in [1.29, 1.82) is 0 Å². The number of piperazine rings is 1. The number of carbonyl (C=O) groups excluding carboxylic acids is 2.